The average Bonchev–Trinajstić information content (AvgIpc) is 2.01. The van der Waals surface area contributed by atoms with Gasteiger partial charge in [0.15, 0.2) is 5.05 Å². The van der Waals surface area contributed by atoms with E-state index in [1.165, 1.54) is 0 Å². The van der Waals surface area contributed by atoms with Gasteiger partial charge in [-0.25, -0.2) is 0 Å². The van der Waals surface area contributed by atoms with Crippen molar-refractivity contribution in [3.63, 3.8) is 0 Å². The zero-order chi connectivity index (χ0) is 8.53. The number of hydrogen-bond acceptors (Lipinski definition) is 5. The van der Waals surface area contributed by atoms with Crippen molar-refractivity contribution in [2.24, 2.45) is 5.73 Å². The Kier molecular flexibility index (Phi) is 7.71. The first-order valence-electron chi connectivity index (χ1n) is 3.35. The predicted molar refractivity (Wildman–Crippen MR) is 45.5 cm³/mol. The van der Waals surface area contributed by atoms with Crippen molar-refractivity contribution in [2.75, 3.05) is 33.0 Å². The van der Waals surface area contributed by atoms with E-state index >= 15 is 0 Å². The molecule has 4 nitrogen and oxygen atoms in total. The van der Waals surface area contributed by atoms with Gasteiger partial charge in [0.25, 0.3) is 0 Å². The SMILES string of the molecule is NCCOCC(=S)OCCO. The van der Waals surface area contributed by atoms with E-state index in [2.05, 4.69) is 0 Å². The summed E-state index contributed by atoms with van der Waals surface area (Å²) in [6, 6.07) is 0. The van der Waals surface area contributed by atoms with Crippen LogP contribution in [0, 0.1) is 0 Å². The van der Waals surface area contributed by atoms with Gasteiger partial charge in [-0.3, -0.25) is 0 Å². The van der Waals surface area contributed by atoms with Gasteiger partial charge in [0.1, 0.15) is 13.2 Å². The van der Waals surface area contributed by atoms with Gasteiger partial charge < -0.3 is 20.3 Å². The number of thiocarbonyl (C=S) groups is 1. The lowest BCUT2D eigenvalue weighted by Gasteiger charge is -2.05. The molecule has 0 aliphatic rings. The molecule has 3 N–H and O–H groups in total. The average molecular weight is 179 g/mol. The molecule has 0 amide bonds. The number of aliphatic hydroxyl groups excluding tert-OH is 1. The Bertz CT molecular complexity index is 110. The first-order chi connectivity index (χ1) is 5.31. The van der Waals surface area contributed by atoms with E-state index in [-0.39, 0.29) is 19.8 Å². The number of hydrogen-bond donors (Lipinski definition) is 2. The molecule has 0 aliphatic carbocycles. The Labute approximate surface area is 71.3 Å². The van der Waals surface area contributed by atoms with Gasteiger partial charge in [0.05, 0.1) is 13.2 Å². The molecule has 66 valence electrons. The number of aliphatic hydroxyl groups is 1. The third kappa shape index (κ3) is 7.67. The predicted octanol–water partition coefficient (Wildman–Crippen LogP) is -0.702. The van der Waals surface area contributed by atoms with E-state index < -0.39 is 0 Å². The molecule has 0 fully saturated rings. The van der Waals surface area contributed by atoms with Gasteiger partial charge in [-0.15, -0.1) is 0 Å². The highest BCUT2D eigenvalue weighted by Crippen LogP contribution is 1.83. The smallest absolute Gasteiger partial charge is 0.185 e. The highest BCUT2D eigenvalue weighted by molar-refractivity contribution is 7.80. The zero-order valence-electron chi connectivity index (χ0n) is 6.28. The van der Waals surface area contributed by atoms with Crippen LogP contribution in [0.3, 0.4) is 0 Å². The third-order valence-corrected chi connectivity index (χ3v) is 1.07. The Morgan fingerprint density at radius 2 is 2.18 bits per heavy atom. The van der Waals surface area contributed by atoms with Crippen LogP contribution in [0.25, 0.3) is 0 Å². The molecular formula is C6H13NO3S. The summed E-state index contributed by atoms with van der Waals surface area (Å²) in [7, 11) is 0. The number of ether oxygens (including phenoxy) is 2. The Morgan fingerprint density at radius 3 is 2.73 bits per heavy atom. The van der Waals surface area contributed by atoms with Crippen LogP contribution in [0.15, 0.2) is 0 Å². The normalized spacial score (nSPS) is 9.64. The van der Waals surface area contributed by atoms with Gasteiger partial charge in [-0.05, 0) is 12.2 Å². The lowest BCUT2D eigenvalue weighted by atomic mass is 10.7. The molecule has 0 heterocycles. The highest BCUT2D eigenvalue weighted by Gasteiger charge is 1.95. The number of nitrogens with two attached hydrogens (primary N) is 1. The monoisotopic (exact) mass is 179 g/mol. The van der Waals surface area contributed by atoms with Crippen LogP contribution in [0.5, 0.6) is 0 Å². The van der Waals surface area contributed by atoms with Crippen molar-refractivity contribution >= 4 is 17.3 Å². The van der Waals surface area contributed by atoms with E-state index in [9.17, 15) is 0 Å². The minimum Gasteiger partial charge on any atom is -0.482 e. The molecule has 0 atom stereocenters. The standard InChI is InChI=1S/C6H13NO3S/c7-1-3-9-5-6(11)10-4-2-8/h8H,1-5,7H2. The maximum Gasteiger partial charge on any atom is 0.185 e. The Hall–Kier alpha value is -0.230. The minimum atomic E-state index is -0.0307. The highest BCUT2D eigenvalue weighted by atomic mass is 32.1. The van der Waals surface area contributed by atoms with E-state index in [1.54, 1.807) is 0 Å². The molecule has 5 heteroatoms. The summed E-state index contributed by atoms with van der Waals surface area (Å²) in [6.45, 7) is 1.42. The molecule has 0 unspecified atom stereocenters. The topological polar surface area (TPSA) is 64.7 Å². The van der Waals surface area contributed by atoms with Crippen molar-refractivity contribution in [1.29, 1.82) is 0 Å². The van der Waals surface area contributed by atoms with Gasteiger partial charge in [0.2, 0.25) is 0 Å². The molecule has 0 aliphatic heterocycles. The molecule has 0 aromatic rings. The van der Waals surface area contributed by atoms with Crippen molar-refractivity contribution in [2.45, 2.75) is 0 Å². The van der Waals surface area contributed by atoms with E-state index in [1.807, 2.05) is 0 Å². The van der Waals surface area contributed by atoms with Crippen molar-refractivity contribution < 1.29 is 14.6 Å². The van der Waals surface area contributed by atoms with Crippen LogP contribution < -0.4 is 5.73 Å². The summed E-state index contributed by atoms with van der Waals surface area (Å²) in [6.07, 6.45) is 0. The molecule has 0 saturated heterocycles. The van der Waals surface area contributed by atoms with Gasteiger partial charge in [-0.1, -0.05) is 0 Å². The summed E-state index contributed by atoms with van der Waals surface area (Å²) >= 11 is 4.73. The van der Waals surface area contributed by atoms with E-state index in [4.69, 9.17) is 32.5 Å². The van der Waals surface area contributed by atoms with Gasteiger partial charge in [-0.2, -0.15) is 0 Å². The first-order valence-corrected chi connectivity index (χ1v) is 3.76. The van der Waals surface area contributed by atoms with Crippen molar-refractivity contribution in [3.8, 4) is 0 Å². The summed E-state index contributed by atoms with van der Waals surface area (Å²) in [5, 5.41) is 8.70. The van der Waals surface area contributed by atoms with Crippen LogP contribution in [-0.4, -0.2) is 43.1 Å². The van der Waals surface area contributed by atoms with Crippen LogP contribution in [0.4, 0.5) is 0 Å². The fraction of sp³-hybridized carbons (Fsp3) is 0.833. The van der Waals surface area contributed by atoms with Gasteiger partial charge in [0, 0.05) is 6.54 Å². The molecule has 0 saturated carbocycles. The zero-order valence-corrected chi connectivity index (χ0v) is 7.10. The van der Waals surface area contributed by atoms with E-state index in [0.717, 1.165) is 0 Å². The maximum absolute atomic E-state index is 8.34. The first kappa shape index (κ1) is 10.8. The second kappa shape index (κ2) is 7.87. The molecule has 0 aromatic carbocycles. The molecule has 0 rings (SSSR count). The van der Waals surface area contributed by atoms with Gasteiger partial charge >= 0.3 is 0 Å². The molecule has 0 bridgehead atoms. The molecule has 0 spiro atoms. The summed E-state index contributed by atoms with van der Waals surface area (Å²) < 4.78 is 9.82. The Balaban J connectivity index is 3.09. The molecule has 0 aromatic heterocycles. The second-order valence-corrected chi connectivity index (χ2v) is 2.24. The fourth-order valence-corrected chi connectivity index (χ4v) is 0.607. The summed E-state index contributed by atoms with van der Waals surface area (Å²) in [5.41, 5.74) is 5.17. The summed E-state index contributed by atoms with van der Waals surface area (Å²) in [5.74, 6) is 0. The van der Waals surface area contributed by atoms with Crippen LogP contribution >= 0.6 is 12.2 Å². The van der Waals surface area contributed by atoms with Crippen LogP contribution in [0.2, 0.25) is 0 Å². The second-order valence-electron chi connectivity index (χ2n) is 1.79. The molecule has 0 radical (unpaired) electrons. The Morgan fingerprint density at radius 1 is 1.45 bits per heavy atom. The lowest BCUT2D eigenvalue weighted by molar-refractivity contribution is 0.145. The maximum atomic E-state index is 8.34. The van der Waals surface area contributed by atoms with Crippen molar-refractivity contribution in [3.05, 3.63) is 0 Å². The van der Waals surface area contributed by atoms with Crippen LogP contribution in [-0.2, 0) is 9.47 Å². The summed E-state index contributed by atoms with van der Waals surface area (Å²) in [4.78, 5) is 0. The molecular weight excluding hydrogens is 166 g/mol. The van der Waals surface area contributed by atoms with Crippen LogP contribution in [0.1, 0.15) is 0 Å². The minimum absolute atomic E-state index is 0.0307. The quantitative estimate of drug-likeness (QED) is 0.417. The van der Waals surface area contributed by atoms with E-state index in [0.29, 0.717) is 18.2 Å². The van der Waals surface area contributed by atoms with Crippen molar-refractivity contribution in [1.82, 2.24) is 0 Å². The largest absolute Gasteiger partial charge is 0.482 e. The number of rotatable bonds is 6. The molecule has 11 heavy (non-hydrogen) atoms. The fourth-order valence-electron chi connectivity index (χ4n) is 0.440. The third-order valence-electron chi connectivity index (χ3n) is 0.836. The lowest BCUT2D eigenvalue weighted by Crippen LogP contribution is -2.16.